The fourth-order valence-electron chi connectivity index (χ4n) is 3.24. The van der Waals surface area contributed by atoms with Crippen molar-refractivity contribution in [3.8, 4) is 11.8 Å². The van der Waals surface area contributed by atoms with Crippen LogP contribution in [0, 0.1) is 18.3 Å². The highest BCUT2D eigenvalue weighted by atomic mass is 32.2. The molecule has 31 heavy (non-hydrogen) atoms. The molecule has 0 saturated heterocycles. The summed E-state index contributed by atoms with van der Waals surface area (Å²) in [5.74, 6) is -0.682. The smallest absolute Gasteiger partial charge is 0.336 e. The zero-order valence-electron chi connectivity index (χ0n) is 16.9. The number of nitrogens with one attached hydrogen (secondary N) is 1. The van der Waals surface area contributed by atoms with E-state index < -0.39 is 16.0 Å². The van der Waals surface area contributed by atoms with E-state index in [2.05, 4.69) is 4.72 Å². The summed E-state index contributed by atoms with van der Waals surface area (Å²) in [6, 6.07) is 18.3. The third-order valence-corrected chi connectivity index (χ3v) is 6.17. The lowest BCUT2D eigenvalue weighted by atomic mass is 9.92. The van der Waals surface area contributed by atoms with Crippen LogP contribution in [0.5, 0.6) is 5.75 Å². The van der Waals surface area contributed by atoms with Crippen LogP contribution in [0.4, 0.5) is 5.69 Å². The molecule has 0 atom stereocenters. The van der Waals surface area contributed by atoms with E-state index in [1.807, 2.05) is 36.4 Å². The Balaban J connectivity index is 2.12. The molecular weight excluding hydrogens is 416 g/mol. The Morgan fingerprint density at radius 2 is 1.77 bits per heavy atom. The Morgan fingerprint density at radius 3 is 2.32 bits per heavy atom. The molecule has 0 bridgehead atoms. The van der Waals surface area contributed by atoms with Gasteiger partial charge in [0.1, 0.15) is 11.8 Å². The van der Waals surface area contributed by atoms with Gasteiger partial charge in [-0.3, -0.25) is 4.72 Å². The summed E-state index contributed by atoms with van der Waals surface area (Å²) < 4.78 is 33.4. The molecule has 0 fully saturated rings. The van der Waals surface area contributed by atoms with E-state index in [1.54, 1.807) is 6.92 Å². The first-order valence-electron chi connectivity index (χ1n) is 9.27. The van der Waals surface area contributed by atoms with Crippen LogP contribution < -0.4 is 9.46 Å². The highest BCUT2D eigenvalue weighted by Gasteiger charge is 2.24. The molecule has 3 aromatic rings. The largest absolute Gasteiger partial charge is 0.497 e. The molecule has 3 aromatic carbocycles. The second kappa shape index (κ2) is 8.90. The third kappa shape index (κ3) is 4.68. The number of hydrogen-bond acceptors (Lipinski definition) is 5. The van der Waals surface area contributed by atoms with Crippen molar-refractivity contribution in [1.82, 2.24) is 0 Å². The lowest BCUT2D eigenvalue weighted by molar-refractivity contribution is 0.0695. The molecule has 0 aliphatic heterocycles. The highest BCUT2D eigenvalue weighted by molar-refractivity contribution is 7.92. The monoisotopic (exact) mass is 436 g/mol. The van der Waals surface area contributed by atoms with Gasteiger partial charge in [0.25, 0.3) is 10.0 Å². The first kappa shape index (κ1) is 21.9. The van der Waals surface area contributed by atoms with Crippen LogP contribution in [0.2, 0.25) is 0 Å². The van der Waals surface area contributed by atoms with Crippen molar-refractivity contribution in [3.05, 3.63) is 88.5 Å². The van der Waals surface area contributed by atoms with Gasteiger partial charge in [0.05, 0.1) is 28.8 Å². The van der Waals surface area contributed by atoms with Gasteiger partial charge in [-0.05, 0) is 60.4 Å². The molecule has 0 heterocycles. The van der Waals surface area contributed by atoms with E-state index in [0.29, 0.717) is 11.3 Å². The number of sulfonamides is 1. The van der Waals surface area contributed by atoms with Gasteiger partial charge >= 0.3 is 5.97 Å². The van der Waals surface area contributed by atoms with Crippen LogP contribution in [0.3, 0.4) is 0 Å². The fraction of sp³-hybridized carbons (Fsp3) is 0.130. The van der Waals surface area contributed by atoms with Crippen LogP contribution in [0.1, 0.15) is 32.6 Å². The molecule has 8 heteroatoms. The van der Waals surface area contributed by atoms with Crippen molar-refractivity contribution in [1.29, 1.82) is 5.26 Å². The Morgan fingerprint density at radius 1 is 1.13 bits per heavy atom. The van der Waals surface area contributed by atoms with E-state index in [0.717, 1.165) is 5.56 Å². The number of carboxylic acid groups (broad SMARTS) is 1. The minimum atomic E-state index is -4.02. The van der Waals surface area contributed by atoms with Crippen molar-refractivity contribution >= 4 is 21.7 Å². The van der Waals surface area contributed by atoms with Crippen LogP contribution >= 0.6 is 0 Å². The number of nitriles is 1. The number of aryl methyl sites for hydroxylation is 1. The van der Waals surface area contributed by atoms with E-state index >= 15 is 0 Å². The molecule has 2 N–H and O–H groups in total. The Labute approximate surface area is 180 Å². The first-order valence-corrected chi connectivity index (χ1v) is 10.8. The lowest BCUT2D eigenvalue weighted by Crippen LogP contribution is -2.17. The van der Waals surface area contributed by atoms with Gasteiger partial charge in [-0.1, -0.05) is 30.3 Å². The molecule has 0 aliphatic carbocycles. The quantitative estimate of drug-likeness (QED) is 0.579. The van der Waals surface area contributed by atoms with Crippen LogP contribution in [0.25, 0.3) is 0 Å². The molecule has 0 saturated carbocycles. The van der Waals surface area contributed by atoms with Crippen molar-refractivity contribution in [2.24, 2.45) is 0 Å². The molecule has 3 rings (SSSR count). The zero-order valence-corrected chi connectivity index (χ0v) is 17.7. The van der Waals surface area contributed by atoms with Gasteiger partial charge in [0.15, 0.2) is 0 Å². The predicted molar refractivity (Wildman–Crippen MR) is 116 cm³/mol. The van der Waals surface area contributed by atoms with Crippen molar-refractivity contribution < 1.29 is 23.1 Å². The summed E-state index contributed by atoms with van der Waals surface area (Å²) in [4.78, 5) is 11.8. The van der Waals surface area contributed by atoms with Gasteiger partial charge in [-0.15, -0.1) is 0 Å². The number of rotatable bonds is 7. The molecule has 0 aliphatic rings. The Bertz CT molecular complexity index is 1260. The van der Waals surface area contributed by atoms with Crippen LogP contribution in [-0.4, -0.2) is 26.6 Å². The van der Waals surface area contributed by atoms with Gasteiger partial charge in [0.2, 0.25) is 0 Å². The molecule has 0 radical (unpaired) electrons. The number of methoxy groups -OCH3 is 1. The number of benzene rings is 3. The lowest BCUT2D eigenvalue weighted by Gasteiger charge is -2.17. The Kier molecular flexibility index (Phi) is 6.28. The molecule has 0 amide bonds. The van der Waals surface area contributed by atoms with Crippen molar-refractivity contribution in [3.63, 3.8) is 0 Å². The van der Waals surface area contributed by atoms with Gasteiger partial charge in [-0.2, -0.15) is 5.26 Å². The van der Waals surface area contributed by atoms with Crippen LogP contribution in [0.15, 0.2) is 65.6 Å². The fourth-order valence-corrected chi connectivity index (χ4v) is 4.38. The minimum Gasteiger partial charge on any atom is -0.497 e. The van der Waals surface area contributed by atoms with Gasteiger partial charge in [-0.25, -0.2) is 13.2 Å². The number of carbonyl (C=O) groups is 1. The van der Waals surface area contributed by atoms with E-state index in [-0.39, 0.29) is 33.7 Å². The topological polar surface area (TPSA) is 116 Å². The average molecular weight is 436 g/mol. The molecule has 0 aromatic heterocycles. The van der Waals surface area contributed by atoms with Crippen molar-refractivity contribution in [2.75, 3.05) is 11.8 Å². The number of anilines is 1. The van der Waals surface area contributed by atoms with E-state index in [4.69, 9.17) is 4.74 Å². The summed E-state index contributed by atoms with van der Waals surface area (Å²) in [6.07, 6.45) is 0.170. The van der Waals surface area contributed by atoms with E-state index in [1.165, 1.54) is 37.4 Å². The predicted octanol–water partition coefficient (Wildman–Crippen LogP) is 3.97. The van der Waals surface area contributed by atoms with E-state index in [9.17, 15) is 23.6 Å². The molecule has 158 valence electrons. The highest BCUT2D eigenvalue weighted by Crippen LogP contribution is 2.31. The zero-order chi connectivity index (χ0) is 22.6. The second-order valence-corrected chi connectivity index (χ2v) is 8.51. The normalized spacial score (nSPS) is 10.9. The SMILES string of the molecule is COc1ccc(S(=O)(=O)Nc2c(C)cc(C(=O)O)c(Cc3ccccc3)c2C#N)cc1. The summed E-state index contributed by atoms with van der Waals surface area (Å²) in [5, 5.41) is 19.5. The summed E-state index contributed by atoms with van der Waals surface area (Å²) >= 11 is 0. The average Bonchev–Trinajstić information content (AvgIpc) is 2.76. The number of carboxylic acids is 1. The standard InChI is InChI=1S/C23H20N2O5S/c1-15-12-20(23(26)27)19(13-16-6-4-3-5-7-16)21(14-24)22(15)25-31(28,29)18-10-8-17(30-2)9-11-18/h3-12,25H,13H2,1-2H3,(H,26,27). The molecule has 0 spiro atoms. The number of ether oxygens (including phenoxy) is 1. The van der Waals surface area contributed by atoms with Gasteiger partial charge in [0, 0.05) is 0 Å². The minimum absolute atomic E-state index is 0.0106. The summed E-state index contributed by atoms with van der Waals surface area (Å²) in [6.45, 7) is 1.56. The number of aromatic carboxylic acids is 1. The maximum absolute atomic E-state index is 12.9. The Hall–Kier alpha value is -3.83. The third-order valence-electron chi connectivity index (χ3n) is 4.80. The molecule has 0 unspecified atom stereocenters. The molecular formula is C23H20N2O5S. The van der Waals surface area contributed by atoms with Crippen LogP contribution in [-0.2, 0) is 16.4 Å². The van der Waals surface area contributed by atoms with Crippen molar-refractivity contribution in [2.45, 2.75) is 18.2 Å². The second-order valence-electron chi connectivity index (χ2n) is 6.83. The molecule has 7 nitrogen and oxygen atoms in total. The summed E-state index contributed by atoms with van der Waals surface area (Å²) in [7, 11) is -2.55. The first-order chi connectivity index (χ1) is 14.8. The van der Waals surface area contributed by atoms with Gasteiger partial charge < -0.3 is 9.84 Å². The number of nitrogens with zero attached hydrogens (tertiary/aromatic N) is 1. The number of hydrogen-bond donors (Lipinski definition) is 2. The maximum Gasteiger partial charge on any atom is 0.336 e. The summed E-state index contributed by atoms with van der Waals surface area (Å²) in [5.41, 5.74) is 1.40. The maximum atomic E-state index is 12.9.